The van der Waals surface area contributed by atoms with Crippen molar-refractivity contribution in [2.24, 2.45) is 22.8 Å². The van der Waals surface area contributed by atoms with Crippen LogP contribution in [-0.4, -0.2) is 18.4 Å². The minimum Gasteiger partial charge on any atom is -0.366 e. The smallest absolute Gasteiger partial charge is 0.248 e. The zero-order valence-electron chi connectivity index (χ0n) is 13.0. The van der Waals surface area contributed by atoms with Gasteiger partial charge in [-0.1, -0.05) is 32.9 Å². The van der Waals surface area contributed by atoms with Gasteiger partial charge in [-0.3, -0.25) is 9.59 Å². The predicted octanol–water partition coefficient (Wildman–Crippen LogP) is 1.41. The summed E-state index contributed by atoms with van der Waals surface area (Å²) < 4.78 is 0. The van der Waals surface area contributed by atoms with Crippen molar-refractivity contribution in [3.05, 3.63) is 35.4 Å². The van der Waals surface area contributed by atoms with Gasteiger partial charge in [-0.05, 0) is 29.5 Å². The van der Waals surface area contributed by atoms with Crippen LogP contribution >= 0.6 is 0 Å². The van der Waals surface area contributed by atoms with Crippen molar-refractivity contribution in [2.45, 2.75) is 33.7 Å². The molecule has 0 radical (unpaired) electrons. The molecule has 21 heavy (non-hydrogen) atoms. The van der Waals surface area contributed by atoms with E-state index in [2.05, 4.69) is 26.1 Å². The van der Waals surface area contributed by atoms with Gasteiger partial charge in [0.2, 0.25) is 11.8 Å². The van der Waals surface area contributed by atoms with Crippen LogP contribution in [0.1, 0.15) is 43.1 Å². The summed E-state index contributed by atoms with van der Waals surface area (Å²) in [5.74, 6) is -0.739. The number of nitrogens with one attached hydrogen (secondary N) is 1. The number of primary amides is 1. The number of carbonyl (C=O) groups is 2. The lowest BCUT2D eigenvalue weighted by Crippen LogP contribution is -2.36. The SMILES string of the molecule is CC(C)(C)CC(CN)C(=O)NCc1cccc(C(N)=O)c1. The molecule has 1 aromatic carbocycles. The summed E-state index contributed by atoms with van der Waals surface area (Å²) in [6.07, 6.45) is 0.733. The second-order valence-electron chi connectivity index (χ2n) is 6.48. The molecule has 0 aromatic heterocycles. The van der Waals surface area contributed by atoms with E-state index in [1.54, 1.807) is 18.2 Å². The zero-order valence-corrected chi connectivity index (χ0v) is 13.0. The molecule has 0 aliphatic carbocycles. The molecule has 0 saturated heterocycles. The predicted molar refractivity (Wildman–Crippen MR) is 83.4 cm³/mol. The molecule has 1 atom stereocenters. The zero-order chi connectivity index (χ0) is 16.0. The number of hydrogen-bond donors (Lipinski definition) is 3. The summed E-state index contributed by atoms with van der Waals surface area (Å²) in [4.78, 5) is 23.3. The highest BCUT2D eigenvalue weighted by molar-refractivity contribution is 5.92. The van der Waals surface area contributed by atoms with E-state index < -0.39 is 5.91 Å². The number of amides is 2. The summed E-state index contributed by atoms with van der Waals surface area (Å²) in [6.45, 7) is 6.93. The van der Waals surface area contributed by atoms with Gasteiger partial charge in [-0.25, -0.2) is 0 Å². The highest BCUT2D eigenvalue weighted by atomic mass is 16.2. The van der Waals surface area contributed by atoms with Crippen molar-refractivity contribution >= 4 is 11.8 Å². The average molecular weight is 291 g/mol. The monoisotopic (exact) mass is 291 g/mol. The van der Waals surface area contributed by atoms with Gasteiger partial charge in [-0.2, -0.15) is 0 Å². The van der Waals surface area contributed by atoms with Gasteiger partial charge in [0.05, 0.1) is 5.92 Å². The van der Waals surface area contributed by atoms with Crippen LogP contribution in [0.25, 0.3) is 0 Å². The molecule has 0 aliphatic rings. The standard InChI is InChI=1S/C16H25N3O2/c1-16(2,3)8-13(9-17)15(21)19-10-11-5-4-6-12(7-11)14(18)20/h4-7,13H,8-10,17H2,1-3H3,(H2,18,20)(H,19,21). The quantitative estimate of drug-likeness (QED) is 0.739. The maximum atomic E-state index is 12.2. The molecule has 0 saturated carbocycles. The third-order valence-corrected chi connectivity index (χ3v) is 3.19. The summed E-state index contributed by atoms with van der Waals surface area (Å²) in [6, 6.07) is 6.92. The Morgan fingerprint density at radius 2 is 1.95 bits per heavy atom. The Morgan fingerprint density at radius 3 is 2.48 bits per heavy atom. The van der Waals surface area contributed by atoms with Crippen molar-refractivity contribution in [3.8, 4) is 0 Å². The first-order valence-electron chi connectivity index (χ1n) is 7.09. The Bertz CT molecular complexity index is 506. The lowest BCUT2D eigenvalue weighted by Gasteiger charge is -2.24. The van der Waals surface area contributed by atoms with Crippen molar-refractivity contribution in [1.82, 2.24) is 5.32 Å². The van der Waals surface area contributed by atoms with Gasteiger partial charge in [0.25, 0.3) is 0 Å². The first-order chi connectivity index (χ1) is 9.73. The topological polar surface area (TPSA) is 98.2 Å². The van der Waals surface area contributed by atoms with Gasteiger partial charge in [0.1, 0.15) is 0 Å². The molecule has 0 heterocycles. The molecule has 116 valence electrons. The number of nitrogens with two attached hydrogens (primary N) is 2. The van der Waals surface area contributed by atoms with E-state index in [1.165, 1.54) is 0 Å². The molecule has 5 heteroatoms. The fourth-order valence-corrected chi connectivity index (χ4v) is 2.19. The fraction of sp³-hybridized carbons (Fsp3) is 0.500. The third kappa shape index (κ3) is 5.95. The minimum atomic E-state index is -0.476. The Labute approximate surface area is 126 Å². The molecule has 1 aromatic rings. The second-order valence-corrected chi connectivity index (χ2v) is 6.48. The van der Waals surface area contributed by atoms with Crippen molar-refractivity contribution in [3.63, 3.8) is 0 Å². The van der Waals surface area contributed by atoms with Crippen LogP contribution in [0, 0.1) is 11.3 Å². The van der Waals surface area contributed by atoms with Gasteiger partial charge in [-0.15, -0.1) is 0 Å². The molecular formula is C16H25N3O2. The summed E-state index contributed by atoms with van der Waals surface area (Å²) in [5.41, 5.74) is 12.3. The number of carbonyl (C=O) groups excluding carboxylic acids is 2. The molecular weight excluding hydrogens is 266 g/mol. The van der Waals surface area contributed by atoms with Gasteiger partial charge < -0.3 is 16.8 Å². The first kappa shape index (κ1) is 17.2. The Balaban J connectivity index is 2.63. The Morgan fingerprint density at radius 1 is 1.29 bits per heavy atom. The van der Waals surface area contributed by atoms with Crippen LogP contribution in [0.3, 0.4) is 0 Å². The van der Waals surface area contributed by atoms with Gasteiger partial charge in [0.15, 0.2) is 0 Å². The molecule has 1 unspecified atom stereocenters. The number of hydrogen-bond acceptors (Lipinski definition) is 3. The van der Waals surface area contributed by atoms with Crippen LogP contribution in [0.15, 0.2) is 24.3 Å². The van der Waals surface area contributed by atoms with Gasteiger partial charge in [0, 0.05) is 18.7 Å². The molecule has 0 fully saturated rings. The van der Waals surface area contributed by atoms with E-state index in [0.29, 0.717) is 18.7 Å². The first-order valence-corrected chi connectivity index (χ1v) is 7.09. The minimum absolute atomic E-state index is 0.0489. The lowest BCUT2D eigenvalue weighted by molar-refractivity contribution is -0.125. The average Bonchev–Trinajstić information content (AvgIpc) is 2.41. The van der Waals surface area contributed by atoms with E-state index in [9.17, 15) is 9.59 Å². The highest BCUT2D eigenvalue weighted by Crippen LogP contribution is 2.24. The molecule has 2 amide bonds. The molecule has 0 bridgehead atoms. The third-order valence-electron chi connectivity index (χ3n) is 3.19. The van der Waals surface area contributed by atoms with Crippen LogP contribution in [0.2, 0.25) is 0 Å². The van der Waals surface area contributed by atoms with Crippen LogP contribution in [0.4, 0.5) is 0 Å². The van der Waals surface area contributed by atoms with Crippen molar-refractivity contribution in [1.29, 1.82) is 0 Å². The summed E-state index contributed by atoms with van der Waals surface area (Å²) in [7, 11) is 0. The van der Waals surface area contributed by atoms with E-state index in [1.807, 2.05) is 6.07 Å². The number of benzene rings is 1. The van der Waals surface area contributed by atoms with E-state index in [0.717, 1.165) is 12.0 Å². The Kier molecular flexibility index (Phi) is 5.90. The fourth-order valence-electron chi connectivity index (χ4n) is 2.19. The summed E-state index contributed by atoms with van der Waals surface area (Å²) >= 11 is 0. The molecule has 0 spiro atoms. The number of rotatable bonds is 6. The lowest BCUT2D eigenvalue weighted by atomic mass is 9.84. The van der Waals surface area contributed by atoms with Crippen LogP contribution in [-0.2, 0) is 11.3 Å². The summed E-state index contributed by atoms with van der Waals surface area (Å²) in [5, 5.41) is 2.87. The van der Waals surface area contributed by atoms with E-state index >= 15 is 0 Å². The molecule has 0 aliphatic heterocycles. The van der Waals surface area contributed by atoms with E-state index in [-0.39, 0.29) is 17.2 Å². The molecule has 5 nitrogen and oxygen atoms in total. The van der Waals surface area contributed by atoms with Crippen molar-refractivity contribution < 1.29 is 9.59 Å². The Hall–Kier alpha value is -1.88. The van der Waals surface area contributed by atoms with Crippen molar-refractivity contribution in [2.75, 3.05) is 6.54 Å². The molecule has 1 rings (SSSR count). The van der Waals surface area contributed by atoms with E-state index in [4.69, 9.17) is 11.5 Å². The highest BCUT2D eigenvalue weighted by Gasteiger charge is 2.23. The van der Waals surface area contributed by atoms with Crippen LogP contribution < -0.4 is 16.8 Å². The largest absolute Gasteiger partial charge is 0.366 e. The maximum absolute atomic E-state index is 12.2. The van der Waals surface area contributed by atoms with Crippen LogP contribution in [0.5, 0.6) is 0 Å². The molecule has 5 N–H and O–H groups in total. The maximum Gasteiger partial charge on any atom is 0.248 e. The normalized spacial score (nSPS) is 12.8. The van der Waals surface area contributed by atoms with Gasteiger partial charge >= 0.3 is 0 Å². The second kappa shape index (κ2) is 7.22.